The molecule has 0 saturated heterocycles. The van der Waals surface area contributed by atoms with Gasteiger partial charge in [0.25, 0.3) is 0 Å². The van der Waals surface area contributed by atoms with E-state index in [-0.39, 0.29) is 0 Å². The van der Waals surface area contributed by atoms with Crippen molar-refractivity contribution in [3.8, 4) is 0 Å². The molecule has 0 bridgehead atoms. The van der Waals surface area contributed by atoms with E-state index in [9.17, 15) is 0 Å². The largest absolute Gasteiger partial charge is 0.323 e. The van der Waals surface area contributed by atoms with E-state index in [2.05, 4.69) is 5.10 Å². The number of hydrazone groups is 1. The number of nitrogens with two attached hydrogens (primary N) is 1. The van der Waals surface area contributed by atoms with E-state index >= 15 is 0 Å². The van der Waals surface area contributed by atoms with Crippen LogP contribution >= 0.6 is 0 Å². The summed E-state index contributed by atoms with van der Waals surface area (Å²) in [4.78, 5) is 0. The summed E-state index contributed by atoms with van der Waals surface area (Å²) in [6, 6.07) is 0. The van der Waals surface area contributed by atoms with Crippen LogP contribution in [-0.2, 0) is 0 Å². The van der Waals surface area contributed by atoms with E-state index < -0.39 is 0 Å². The lowest BCUT2D eigenvalue weighted by Gasteiger charge is -2.21. The monoisotopic (exact) mass is 138 g/mol. The molecule has 2 aliphatic carbocycles. The summed E-state index contributed by atoms with van der Waals surface area (Å²) in [6.07, 6.45) is 7.95. The summed E-state index contributed by atoms with van der Waals surface area (Å²) in [5.74, 6) is 5.20. The average Bonchev–Trinajstić information content (AvgIpc) is 2.72. The summed E-state index contributed by atoms with van der Waals surface area (Å²) < 4.78 is 0. The van der Waals surface area contributed by atoms with Crippen molar-refractivity contribution in [3.05, 3.63) is 0 Å². The van der Waals surface area contributed by atoms with Gasteiger partial charge in [-0.15, -0.1) is 0 Å². The van der Waals surface area contributed by atoms with Gasteiger partial charge in [-0.2, -0.15) is 5.10 Å². The van der Waals surface area contributed by atoms with Gasteiger partial charge in [-0.1, -0.05) is 0 Å². The molecule has 0 aromatic rings. The van der Waals surface area contributed by atoms with Crippen LogP contribution in [0.15, 0.2) is 5.10 Å². The third-order valence-electron chi connectivity index (χ3n) is 3.03. The summed E-state index contributed by atoms with van der Waals surface area (Å²) in [5, 5.41) is 3.76. The van der Waals surface area contributed by atoms with Crippen molar-refractivity contribution in [1.82, 2.24) is 0 Å². The molecule has 0 amide bonds. The zero-order valence-corrected chi connectivity index (χ0v) is 6.27. The molecule has 2 saturated carbocycles. The molecule has 0 aromatic carbocycles. The Balaban J connectivity index is 1.95. The van der Waals surface area contributed by atoms with Gasteiger partial charge >= 0.3 is 0 Å². The molecule has 2 aliphatic rings. The number of hydrogen-bond acceptors (Lipinski definition) is 2. The molecular weight excluding hydrogens is 124 g/mol. The Bertz CT molecular complexity index is 156. The summed E-state index contributed by atoms with van der Waals surface area (Å²) in [5.41, 5.74) is 2.01. The van der Waals surface area contributed by atoms with Crippen molar-refractivity contribution in [3.63, 3.8) is 0 Å². The van der Waals surface area contributed by atoms with Crippen molar-refractivity contribution in [2.24, 2.45) is 16.4 Å². The highest BCUT2D eigenvalue weighted by Crippen LogP contribution is 2.55. The lowest BCUT2D eigenvalue weighted by atomic mass is 9.85. The van der Waals surface area contributed by atoms with Crippen LogP contribution in [0.2, 0.25) is 0 Å². The Kier molecular flexibility index (Phi) is 1.22. The highest BCUT2D eigenvalue weighted by atomic mass is 15.1. The maximum absolute atomic E-state index is 5.20. The van der Waals surface area contributed by atoms with Crippen LogP contribution in [0.3, 0.4) is 0 Å². The SMILES string of the molecule is NN=C1CCC2(CC1)CC2. The van der Waals surface area contributed by atoms with Crippen LogP contribution in [-0.4, -0.2) is 5.71 Å². The maximum atomic E-state index is 5.20. The van der Waals surface area contributed by atoms with Crippen LogP contribution < -0.4 is 5.84 Å². The third-order valence-corrected chi connectivity index (χ3v) is 3.03. The van der Waals surface area contributed by atoms with Crippen LogP contribution in [0.4, 0.5) is 0 Å². The fourth-order valence-electron chi connectivity index (χ4n) is 1.87. The number of nitrogens with zero attached hydrogens (tertiary/aromatic N) is 1. The highest BCUT2D eigenvalue weighted by Gasteiger charge is 2.43. The Hall–Kier alpha value is -0.530. The molecule has 2 heteroatoms. The molecule has 2 N–H and O–H groups in total. The lowest BCUT2D eigenvalue weighted by Crippen LogP contribution is -2.15. The third kappa shape index (κ3) is 0.917. The highest BCUT2D eigenvalue weighted by molar-refractivity contribution is 5.85. The summed E-state index contributed by atoms with van der Waals surface area (Å²) in [6.45, 7) is 0. The number of rotatable bonds is 0. The molecule has 0 atom stereocenters. The van der Waals surface area contributed by atoms with Crippen molar-refractivity contribution >= 4 is 5.71 Å². The van der Waals surface area contributed by atoms with Crippen molar-refractivity contribution in [1.29, 1.82) is 0 Å². The molecule has 0 radical (unpaired) electrons. The van der Waals surface area contributed by atoms with Gasteiger partial charge in [-0.25, -0.2) is 0 Å². The van der Waals surface area contributed by atoms with Crippen LogP contribution in [0.25, 0.3) is 0 Å². The molecule has 0 aromatic heterocycles. The predicted octanol–water partition coefficient (Wildman–Crippen LogP) is 1.66. The number of hydrogen-bond donors (Lipinski definition) is 1. The lowest BCUT2D eigenvalue weighted by molar-refractivity contribution is 0.420. The normalized spacial score (nSPS) is 28.6. The minimum absolute atomic E-state index is 0.772. The first-order valence-corrected chi connectivity index (χ1v) is 4.10. The molecule has 10 heavy (non-hydrogen) atoms. The first-order valence-electron chi connectivity index (χ1n) is 4.10. The van der Waals surface area contributed by atoms with Gasteiger partial charge < -0.3 is 5.84 Å². The summed E-state index contributed by atoms with van der Waals surface area (Å²) >= 11 is 0. The first kappa shape index (κ1) is 6.20. The molecule has 0 unspecified atom stereocenters. The van der Waals surface area contributed by atoms with Crippen LogP contribution in [0.5, 0.6) is 0 Å². The molecule has 0 heterocycles. The van der Waals surface area contributed by atoms with Crippen molar-refractivity contribution in [2.45, 2.75) is 38.5 Å². The topological polar surface area (TPSA) is 38.4 Å². The molecule has 56 valence electrons. The van der Waals surface area contributed by atoms with E-state index in [1.54, 1.807) is 0 Å². The zero-order valence-electron chi connectivity index (χ0n) is 6.27. The molecule has 0 aliphatic heterocycles. The first-order chi connectivity index (χ1) is 4.85. The molecule has 1 spiro atoms. The maximum Gasteiger partial charge on any atom is 0.0376 e. The van der Waals surface area contributed by atoms with E-state index in [1.807, 2.05) is 0 Å². The van der Waals surface area contributed by atoms with Crippen molar-refractivity contribution in [2.75, 3.05) is 0 Å². The van der Waals surface area contributed by atoms with E-state index in [1.165, 1.54) is 31.4 Å². The minimum atomic E-state index is 0.772. The Morgan fingerprint density at radius 3 is 2.10 bits per heavy atom. The standard InChI is InChI=1S/C8H14N2/c9-10-7-1-3-8(4-2-7)5-6-8/h1-6,9H2. The van der Waals surface area contributed by atoms with Gasteiger partial charge in [0.2, 0.25) is 0 Å². The van der Waals surface area contributed by atoms with Gasteiger partial charge in [0.15, 0.2) is 0 Å². The van der Waals surface area contributed by atoms with Gasteiger partial charge in [0.05, 0.1) is 0 Å². The second-order valence-corrected chi connectivity index (χ2v) is 3.70. The Labute approximate surface area is 61.5 Å². The second kappa shape index (κ2) is 1.97. The molecule has 2 fully saturated rings. The Morgan fingerprint density at radius 2 is 1.70 bits per heavy atom. The second-order valence-electron chi connectivity index (χ2n) is 3.70. The van der Waals surface area contributed by atoms with E-state index in [0.29, 0.717) is 0 Å². The fraction of sp³-hybridized carbons (Fsp3) is 0.875. The zero-order chi connectivity index (χ0) is 7.03. The fourth-order valence-corrected chi connectivity index (χ4v) is 1.87. The predicted molar refractivity (Wildman–Crippen MR) is 41.8 cm³/mol. The van der Waals surface area contributed by atoms with Gasteiger partial charge in [0.1, 0.15) is 0 Å². The van der Waals surface area contributed by atoms with Crippen LogP contribution in [0.1, 0.15) is 38.5 Å². The molecular formula is C8H14N2. The van der Waals surface area contributed by atoms with Gasteiger partial charge in [-0.3, -0.25) is 0 Å². The van der Waals surface area contributed by atoms with E-state index in [0.717, 1.165) is 18.3 Å². The van der Waals surface area contributed by atoms with E-state index in [4.69, 9.17) is 5.84 Å². The molecule has 2 nitrogen and oxygen atoms in total. The van der Waals surface area contributed by atoms with Crippen LogP contribution in [0, 0.1) is 5.41 Å². The average molecular weight is 138 g/mol. The quantitative estimate of drug-likeness (QED) is 0.401. The van der Waals surface area contributed by atoms with Gasteiger partial charge in [-0.05, 0) is 43.9 Å². The van der Waals surface area contributed by atoms with Crippen molar-refractivity contribution < 1.29 is 0 Å². The smallest absolute Gasteiger partial charge is 0.0376 e. The molecule has 2 rings (SSSR count). The minimum Gasteiger partial charge on any atom is -0.323 e. The summed E-state index contributed by atoms with van der Waals surface area (Å²) in [7, 11) is 0. The van der Waals surface area contributed by atoms with Gasteiger partial charge in [0, 0.05) is 5.71 Å². The Morgan fingerprint density at radius 1 is 1.10 bits per heavy atom.